The molecular formula is C26H35N3+2. The van der Waals surface area contributed by atoms with Crippen LogP contribution in [-0.2, 0) is 6.54 Å². The van der Waals surface area contributed by atoms with E-state index in [1.54, 1.807) is 0 Å². The number of hydrogen-bond donors (Lipinski definition) is 0. The Kier molecular flexibility index (Phi) is 6.71. The number of pyridine rings is 1. The van der Waals surface area contributed by atoms with Crippen molar-refractivity contribution < 1.29 is 9.05 Å². The topological polar surface area (TPSA) is 7.12 Å². The molecule has 0 aliphatic rings. The zero-order chi connectivity index (χ0) is 20.9. The Hall–Kier alpha value is -2.65. The molecular weight excluding hydrogens is 354 g/mol. The van der Waals surface area contributed by atoms with Crippen molar-refractivity contribution in [3.63, 3.8) is 0 Å². The van der Waals surface area contributed by atoms with Gasteiger partial charge >= 0.3 is 0 Å². The normalized spacial score (nSPS) is 12.0. The molecule has 3 nitrogen and oxygen atoms in total. The van der Waals surface area contributed by atoms with Crippen molar-refractivity contribution in [3.05, 3.63) is 72.1 Å². The first kappa shape index (κ1) is 21.1. The second-order valence-electron chi connectivity index (χ2n) is 8.68. The van der Waals surface area contributed by atoms with E-state index < -0.39 is 0 Å². The van der Waals surface area contributed by atoms with Gasteiger partial charge in [-0.3, -0.25) is 0 Å². The van der Waals surface area contributed by atoms with Crippen LogP contribution < -0.4 is 9.47 Å². The van der Waals surface area contributed by atoms with Gasteiger partial charge in [0.1, 0.15) is 6.54 Å². The number of quaternary nitrogens is 1. The van der Waals surface area contributed by atoms with Crippen LogP contribution in [-0.4, -0.2) is 45.3 Å². The highest BCUT2D eigenvalue weighted by Gasteiger charge is 2.10. The lowest BCUT2D eigenvalue weighted by Gasteiger charge is -2.21. The summed E-state index contributed by atoms with van der Waals surface area (Å²) in [6.07, 6.45) is 8.73. The molecule has 0 spiro atoms. The molecule has 0 N–H and O–H groups in total. The zero-order valence-electron chi connectivity index (χ0n) is 18.6. The third kappa shape index (κ3) is 5.91. The maximum Gasteiger partial charge on any atom is 0.196 e. The number of nitrogens with zero attached hydrogens (tertiary/aromatic N) is 3. The summed E-state index contributed by atoms with van der Waals surface area (Å²) in [5.74, 6) is 0. The number of likely N-dealkylation sites (N-methyl/N-ethyl adjacent to an activating group) is 1. The number of fused-ring (bicyclic) bond motifs is 1. The van der Waals surface area contributed by atoms with E-state index >= 15 is 0 Å². The summed E-state index contributed by atoms with van der Waals surface area (Å²) in [6, 6.07) is 17.8. The summed E-state index contributed by atoms with van der Waals surface area (Å²) < 4.78 is 3.23. The van der Waals surface area contributed by atoms with Crippen LogP contribution in [0.1, 0.15) is 25.0 Å². The van der Waals surface area contributed by atoms with Crippen LogP contribution in [0.2, 0.25) is 0 Å². The molecule has 0 unspecified atom stereocenters. The van der Waals surface area contributed by atoms with Gasteiger partial charge in [-0.05, 0) is 53.9 Å². The lowest BCUT2D eigenvalue weighted by molar-refractivity contribution is -0.892. The largest absolute Gasteiger partial charge is 0.372 e. The van der Waals surface area contributed by atoms with Crippen LogP contribution in [0.25, 0.3) is 22.9 Å². The van der Waals surface area contributed by atoms with Crippen LogP contribution in [0.3, 0.4) is 0 Å². The van der Waals surface area contributed by atoms with Gasteiger partial charge < -0.3 is 9.38 Å². The molecule has 0 saturated carbocycles. The number of hydrogen-bond acceptors (Lipinski definition) is 1. The minimum atomic E-state index is 0.979. The van der Waals surface area contributed by atoms with E-state index in [4.69, 9.17) is 0 Å². The number of aromatic nitrogens is 1. The predicted molar refractivity (Wildman–Crippen MR) is 126 cm³/mol. The molecule has 0 amide bonds. The summed E-state index contributed by atoms with van der Waals surface area (Å²) in [5.41, 5.74) is 3.76. The molecule has 0 aliphatic heterocycles. The van der Waals surface area contributed by atoms with Crippen molar-refractivity contribution in [2.24, 2.45) is 0 Å². The predicted octanol–water partition coefficient (Wildman–Crippen LogP) is 4.85. The first-order valence-electron chi connectivity index (χ1n) is 10.6. The van der Waals surface area contributed by atoms with E-state index in [0.717, 1.165) is 30.7 Å². The Morgan fingerprint density at radius 3 is 2.07 bits per heavy atom. The van der Waals surface area contributed by atoms with Gasteiger partial charge in [0.2, 0.25) is 0 Å². The molecule has 29 heavy (non-hydrogen) atoms. The summed E-state index contributed by atoms with van der Waals surface area (Å²) in [5, 5.41) is 2.58. The van der Waals surface area contributed by atoms with Gasteiger partial charge in [-0.15, -0.1) is 0 Å². The van der Waals surface area contributed by atoms with Crippen LogP contribution >= 0.6 is 0 Å². The van der Waals surface area contributed by atoms with E-state index in [-0.39, 0.29) is 0 Å². The van der Waals surface area contributed by atoms with E-state index in [0.29, 0.717) is 0 Å². The second kappa shape index (κ2) is 9.23. The molecule has 0 bridgehead atoms. The van der Waals surface area contributed by atoms with Gasteiger partial charge in [0.05, 0.1) is 21.1 Å². The first-order chi connectivity index (χ1) is 13.9. The standard InChI is InChI=1S/C26H35N3/c1-6-28(7-2)26-13-12-24-20-23(10-11-25(24)21-26)9-8-22-14-16-27(17-15-22)18-19-29(3,4)5/h8-17,20-21H,6-7,18-19H2,1-5H3/q+2. The summed E-state index contributed by atoms with van der Waals surface area (Å²) in [4.78, 5) is 2.38. The second-order valence-corrected chi connectivity index (χ2v) is 8.68. The van der Waals surface area contributed by atoms with Crippen LogP contribution in [0.5, 0.6) is 0 Å². The molecule has 0 aliphatic carbocycles. The Morgan fingerprint density at radius 2 is 1.41 bits per heavy atom. The van der Waals surface area contributed by atoms with Crippen LogP contribution in [0.15, 0.2) is 60.9 Å². The fourth-order valence-electron chi connectivity index (χ4n) is 3.48. The molecule has 2 aromatic carbocycles. The van der Waals surface area contributed by atoms with Crippen LogP contribution in [0.4, 0.5) is 5.69 Å². The molecule has 1 aromatic heterocycles. The summed E-state index contributed by atoms with van der Waals surface area (Å²) >= 11 is 0. The third-order valence-electron chi connectivity index (χ3n) is 5.39. The third-order valence-corrected chi connectivity index (χ3v) is 5.39. The molecule has 0 fully saturated rings. The van der Waals surface area contributed by atoms with Gasteiger partial charge in [-0.1, -0.05) is 30.4 Å². The summed E-state index contributed by atoms with van der Waals surface area (Å²) in [6.45, 7) is 8.64. The fraction of sp³-hybridized carbons (Fsp3) is 0.346. The molecule has 1 heterocycles. The van der Waals surface area contributed by atoms with E-state index in [1.807, 2.05) is 0 Å². The number of benzene rings is 2. The number of rotatable bonds is 8. The highest BCUT2D eigenvalue weighted by atomic mass is 15.3. The minimum Gasteiger partial charge on any atom is -0.372 e. The van der Waals surface area contributed by atoms with Crippen molar-refractivity contribution >= 4 is 28.6 Å². The van der Waals surface area contributed by atoms with Crippen molar-refractivity contribution in [1.82, 2.24) is 0 Å². The van der Waals surface area contributed by atoms with E-state index in [2.05, 4.69) is 118 Å². The van der Waals surface area contributed by atoms with Crippen LogP contribution in [0, 0.1) is 0 Å². The van der Waals surface area contributed by atoms with Gasteiger partial charge in [0.25, 0.3) is 0 Å². The highest BCUT2D eigenvalue weighted by molar-refractivity contribution is 5.88. The Bertz CT molecular complexity index is 961. The first-order valence-corrected chi connectivity index (χ1v) is 10.6. The summed E-state index contributed by atoms with van der Waals surface area (Å²) in [7, 11) is 6.68. The van der Waals surface area contributed by atoms with E-state index in [1.165, 1.54) is 27.6 Å². The lowest BCUT2D eigenvalue weighted by atomic mass is 10.0. The van der Waals surface area contributed by atoms with Gasteiger partial charge in [-0.25, -0.2) is 0 Å². The number of anilines is 1. The van der Waals surface area contributed by atoms with Crippen molar-refractivity contribution in [2.45, 2.75) is 20.4 Å². The average molecular weight is 390 g/mol. The molecule has 3 heteroatoms. The molecule has 3 rings (SSSR count). The SMILES string of the molecule is CCN(CC)c1ccc2cc(/C=C/c3cc[n+](CC[N+](C)(C)C)cc3)ccc2c1. The molecule has 152 valence electrons. The molecule has 3 aromatic rings. The smallest absolute Gasteiger partial charge is 0.196 e. The van der Waals surface area contributed by atoms with Crippen molar-refractivity contribution in [1.29, 1.82) is 0 Å². The highest BCUT2D eigenvalue weighted by Crippen LogP contribution is 2.24. The monoisotopic (exact) mass is 389 g/mol. The van der Waals surface area contributed by atoms with Gasteiger partial charge in [0.15, 0.2) is 18.9 Å². The molecule has 0 atom stereocenters. The lowest BCUT2D eigenvalue weighted by Crippen LogP contribution is -2.45. The molecule has 0 radical (unpaired) electrons. The van der Waals surface area contributed by atoms with Gasteiger partial charge in [-0.2, -0.15) is 4.57 Å². The minimum absolute atomic E-state index is 0.979. The Labute approximate surface area is 176 Å². The van der Waals surface area contributed by atoms with E-state index in [9.17, 15) is 0 Å². The maximum absolute atomic E-state index is 2.38. The Balaban J connectivity index is 1.71. The fourth-order valence-corrected chi connectivity index (χ4v) is 3.48. The average Bonchev–Trinajstić information content (AvgIpc) is 2.71. The van der Waals surface area contributed by atoms with Gasteiger partial charge in [0, 0.05) is 30.9 Å². The molecule has 0 saturated heterocycles. The maximum atomic E-state index is 2.38. The Morgan fingerprint density at radius 1 is 0.793 bits per heavy atom. The quantitative estimate of drug-likeness (QED) is 0.395. The van der Waals surface area contributed by atoms with Crippen molar-refractivity contribution in [2.75, 3.05) is 45.7 Å². The zero-order valence-corrected chi connectivity index (χ0v) is 18.6. The van der Waals surface area contributed by atoms with Crippen molar-refractivity contribution in [3.8, 4) is 0 Å².